The molecular formula is C8H7NY. The Bertz CT molecular complexity index is 283. The maximum atomic E-state index is 3.12. The fourth-order valence-electron chi connectivity index (χ4n) is 0.995. The third kappa shape index (κ3) is 1.30. The largest absolute Gasteiger partial charge is 0.361 e. The molecule has 0 saturated heterocycles. The first-order valence-corrected chi connectivity index (χ1v) is 2.99. The number of rotatable bonds is 0. The molecule has 1 radical (unpaired) electrons. The van der Waals surface area contributed by atoms with Crippen molar-refractivity contribution in [3.05, 3.63) is 36.5 Å². The number of H-pyrrole nitrogens is 1. The van der Waals surface area contributed by atoms with Crippen molar-refractivity contribution in [1.29, 1.82) is 0 Å². The summed E-state index contributed by atoms with van der Waals surface area (Å²) in [6.45, 7) is 0. The van der Waals surface area contributed by atoms with Crippen LogP contribution in [0, 0.1) is 0 Å². The van der Waals surface area contributed by atoms with Crippen LogP contribution in [0.2, 0.25) is 0 Å². The predicted octanol–water partition coefficient (Wildman–Crippen LogP) is 2.17. The van der Waals surface area contributed by atoms with Crippen molar-refractivity contribution in [2.24, 2.45) is 0 Å². The number of hydrogen-bond acceptors (Lipinski definition) is 0. The van der Waals surface area contributed by atoms with Crippen molar-refractivity contribution < 1.29 is 32.7 Å². The van der Waals surface area contributed by atoms with Gasteiger partial charge in [-0.05, 0) is 17.5 Å². The monoisotopic (exact) mass is 206 g/mol. The zero-order valence-corrected chi connectivity index (χ0v) is 8.38. The molecule has 0 fully saturated rings. The molecule has 2 heteroatoms. The third-order valence-electron chi connectivity index (χ3n) is 1.46. The van der Waals surface area contributed by atoms with E-state index < -0.39 is 0 Å². The summed E-state index contributed by atoms with van der Waals surface area (Å²) in [5.74, 6) is 0. The van der Waals surface area contributed by atoms with Crippen LogP contribution in [0.15, 0.2) is 36.5 Å². The molecule has 0 aliphatic rings. The van der Waals surface area contributed by atoms with E-state index in [-0.39, 0.29) is 32.7 Å². The fourth-order valence-corrected chi connectivity index (χ4v) is 0.995. The molecule has 47 valence electrons. The van der Waals surface area contributed by atoms with Crippen LogP contribution in [0.1, 0.15) is 0 Å². The van der Waals surface area contributed by atoms with Gasteiger partial charge < -0.3 is 4.98 Å². The van der Waals surface area contributed by atoms with E-state index in [0.717, 1.165) is 0 Å². The Labute approximate surface area is 84.7 Å². The Kier molecular flexibility index (Phi) is 2.64. The number of aromatic amines is 1. The number of fused-ring (bicyclic) bond motifs is 1. The van der Waals surface area contributed by atoms with E-state index in [1.807, 2.05) is 18.3 Å². The Balaban J connectivity index is 0.000000500. The van der Waals surface area contributed by atoms with E-state index in [9.17, 15) is 0 Å². The maximum absolute atomic E-state index is 3.12. The maximum Gasteiger partial charge on any atom is 0.0453 e. The second-order valence-electron chi connectivity index (χ2n) is 2.06. The SMILES string of the molecule is [Y].c1ccc2[nH]ccc2c1. The van der Waals surface area contributed by atoms with Crippen molar-refractivity contribution >= 4 is 10.9 Å². The Morgan fingerprint density at radius 2 is 1.80 bits per heavy atom. The summed E-state index contributed by atoms with van der Waals surface area (Å²) in [5, 5.41) is 1.28. The van der Waals surface area contributed by atoms with E-state index >= 15 is 0 Å². The van der Waals surface area contributed by atoms with Gasteiger partial charge in [-0.15, -0.1) is 0 Å². The normalized spacial score (nSPS) is 9.20. The number of benzene rings is 1. The molecule has 1 N–H and O–H groups in total. The Hall–Kier alpha value is -0.136. The molecule has 0 unspecified atom stereocenters. The van der Waals surface area contributed by atoms with E-state index in [0.29, 0.717) is 0 Å². The van der Waals surface area contributed by atoms with Crippen LogP contribution in [0.3, 0.4) is 0 Å². The van der Waals surface area contributed by atoms with Gasteiger partial charge in [0.1, 0.15) is 0 Å². The minimum absolute atomic E-state index is 0. The fraction of sp³-hybridized carbons (Fsp3) is 0. The van der Waals surface area contributed by atoms with Crippen molar-refractivity contribution in [2.45, 2.75) is 0 Å². The molecule has 2 aromatic rings. The zero-order chi connectivity index (χ0) is 6.10. The quantitative estimate of drug-likeness (QED) is 0.679. The molecule has 0 bridgehead atoms. The molecule has 0 aliphatic carbocycles. The molecule has 0 aliphatic heterocycles. The summed E-state index contributed by atoms with van der Waals surface area (Å²) in [6.07, 6.45) is 1.95. The molecule has 10 heavy (non-hydrogen) atoms. The van der Waals surface area contributed by atoms with Crippen LogP contribution in [-0.4, -0.2) is 4.98 Å². The second kappa shape index (κ2) is 3.31. The molecule has 2 rings (SSSR count). The summed E-state index contributed by atoms with van der Waals surface area (Å²) >= 11 is 0. The van der Waals surface area contributed by atoms with Crippen LogP contribution in [0.4, 0.5) is 0 Å². The van der Waals surface area contributed by atoms with Gasteiger partial charge in [0, 0.05) is 44.4 Å². The summed E-state index contributed by atoms with van der Waals surface area (Å²) in [7, 11) is 0. The van der Waals surface area contributed by atoms with Crippen molar-refractivity contribution in [3.63, 3.8) is 0 Å². The molecule has 1 nitrogen and oxygen atoms in total. The van der Waals surface area contributed by atoms with Crippen LogP contribution < -0.4 is 0 Å². The molecule has 1 aromatic carbocycles. The Morgan fingerprint density at radius 3 is 2.60 bits per heavy atom. The topological polar surface area (TPSA) is 15.8 Å². The van der Waals surface area contributed by atoms with Crippen molar-refractivity contribution in [1.82, 2.24) is 4.98 Å². The zero-order valence-electron chi connectivity index (χ0n) is 5.54. The van der Waals surface area contributed by atoms with Crippen LogP contribution in [0.5, 0.6) is 0 Å². The number of para-hydroxylation sites is 1. The minimum Gasteiger partial charge on any atom is -0.361 e. The smallest absolute Gasteiger partial charge is 0.0453 e. The van der Waals surface area contributed by atoms with Gasteiger partial charge in [-0.1, -0.05) is 18.2 Å². The molecule has 0 saturated carbocycles. The van der Waals surface area contributed by atoms with Gasteiger partial charge in [0.05, 0.1) is 0 Å². The minimum atomic E-state index is 0. The number of nitrogens with one attached hydrogen (secondary N) is 1. The number of hydrogen-bond donors (Lipinski definition) is 1. The molecule has 0 spiro atoms. The molecule has 0 atom stereocenters. The summed E-state index contributed by atoms with van der Waals surface area (Å²) in [4.78, 5) is 3.12. The van der Waals surface area contributed by atoms with E-state index in [1.54, 1.807) is 0 Å². The first-order valence-electron chi connectivity index (χ1n) is 2.99. The van der Waals surface area contributed by atoms with Gasteiger partial charge in [0.15, 0.2) is 0 Å². The first kappa shape index (κ1) is 7.97. The van der Waals surface area contributed by atoms with Crippen LogP contribution in [0.25, 0.3) is 10.9 Å². The number of aromatic nitrogens is 1. The van der Waals surface area contributed by atoms with Gasteiger partial charge in [-0.3, -0.25) is 0 Å². The van der Waals surface area contributed by atoms with Crippen molar-refractivity contribution in [3.8, 4) is 0 Å². The van der Waals surface area contributed by atoms with Crippen LogP contribution in [-0.2, 0) is 32.7 Å². The third-order valence-corrected chi connectivity index (χ3v) is 1.46. The van der Waals surface area contributed by atoms with Crippen LogP contribution >= 0.6 is 0 Å². The van der Waals surface area contributed by atoms with E-state index in [4.69, 9.17) is 0 Å². The second-order valence-corrected chi connectivity index (χ2v) is 2.06. The molecule has 0 amide bonds. The molecule has 1 heterocycles. The first-order chi connectivity index (χ1) is 4.47. The van der Waals surface area contributed by atoms with Gasteiger partial charge >= 0.3 is 0 Å². The van der Waals surface area contributed by atoms with E-state index in [1.165, 1.54) is 10.9 Å². The van der Waals surface area contributed by atoms with Gasteiger partial charge in [0.25, 0.3) is 0 Å². The molecule has 1 aromatic heterocycles. The van der Waals surface area contributed by atoms with Gasteiger partial charge in [-0.25, -0.2) is 0 Å². The predicted molar refractivity (Wildman–Crippen MR) is 38.3 cm³/mol. The average molecular weight is 206 g/mol. The Morgan fingerprint density at radius 1 is 1.00 bits per heavy atom. The molecular weight excluding hydrogens is 199 g/mol. The van der Waals surface area contributed by atoms with Crippen molar-refractivity contribution in [2.75, 3.05) is 0 Å². The average Bonchev–Trinajstić information content (AvgIpc) is 2.33. The van der Waals surface area contributed by atoms with E-state index in [2.05, 4.69) is 23.2 Å². The summed E-state index contributed by atoms with van der Waals surface area (Å²) in [5.41, 5.74) is 1.21. The summed E-state index contributed by atoms with van der Waals surface area (Å²) < 4.78 is 0. The van der Waals surface area contributed by atoms with Gasteiger partial charge in [0.2, 0.25) is 0 Å². The standard InChI is InChI=1S/C8H7N.Y/c1-2-4-8-7(3-1)5-6-9-8;/h1-6,9H;. The van der Waals surface area contributed by atoms with Gasteiger partial charge in [-0.2, -0.15) is 0 Å². The summed E-state index contributed by atoms with van der Waals surface area (Å²) in [6, 6.07) is 10.3.